The van der Waals surface area contributed by atoms with E-state index in [4.69, 9.17) is 4.74 Å². The summed E-state index contributed by atoms with van der Waals surface area (Å²) < 4.78 is 17.8. The number of rotatable bonds is 2. The molecular formula is C11H9FN2O. The number of halogens is 1. The lowest BCUT2D eigenvalue weighted by molar-refractivity contribution is 0.416. The molecular weight excluding hydrogens is 195 g/mol. The molecule has 0 saturated carbocycles. The summed E-state index contributed by atoms with van der Waals surface area (Å²) in [5.41, 5.74) is 1.58. The highest BCUT2D eigenvalue weighted by molar-refractivity contribution is 5.68. The maximum Gasteiger partial charge on any atom is 0.212 e. The first-order valence-electron chi connectivity index (χ1n) is 4.41. The van der Waals surface area contributed by atoms with Crippen LogP contribution in [0.1, 0.15) is 0 Å². The van der Waals surface area contributed by atoms with Crippen LogP contribution in [0.3, 0.4) is 0 Å². The van der Waals surface area contributed by atoms with Crippen LogP contribution in [0.5, 0.6) is 5.75 Å². The summed E-state index contributed by atoms with van der Waals surface area (Å²) >= 11 is 0. The Morgan fingerprint density at radius 1 is 1.20 bits per heavy atom. The van der Waals surface area contributed by atoms with E-state index in [1.807, 2.05) is 0 Å². The first-order valence-corrected chi connectivity index (χ1v) is 4.41. The second-order valence-corrected chi connectivity index (χ2v) is 2.95. The summed E-state index contributed by atoms with van der Waals surface area (Å²) in [4.78, 5) is 7.57. The van der Waals surface area contributed by atoms with Crippen molar-refractivity contribution in [3.8, 4) is 16.9 Å². The summed E-state index contributed by atoms with van der Waals surface area (Å²) in [5.74, 6) is 0.194. The zero-order valence-electron chi connectivity index (χ0n) is 8.14. The van der Waals surface area contributed by atoms with E-state index in [2.05, 4.69) is 9.97 Å². The Morgan fingerprint density at radius 3 is 2.73 bits per heavy atom. The molecule has 0 N–H and O–H groups in total. The molecule has 2 aromatic rings. The first-order chi connectivity index (χ1) is 7.31. The van der Waals surface area contributed by atoms with Crippen molar-refractivity contribution in [3.63, 3.8) is 0 Å². The molecule has 0 fully saturated rings. The molecule has 4 heteroatoms. The molecule has 0 saturated heterocycles. The van der Waals surface area contributed by atoms with E-state index >= 15 is 0 Å². The first kappa shape index (κ1) is 9.58. The molecule has 0 spiro atoms. The van der Waals surface area contributed by atoms with Gasteiger partial charge in [0.15, 0.2) is 0 Å². The van der Waals surface area contributed by atoms with Crippen LogP contribution >= 0.6 is 0 Å². The lowest BCUT2D eigenvalue weighted by Crippen LogP contribution is -1.90. The summed E-state index contributed by atoms with van der Waals surface area (Å²) in [6.07, 6.45) is 4.75. The molecule has 2 aromatic heterocycles. The molecule has 0 aliphatic rings. The van der Waals surface area contributed by atoms with Crippen molar-refractivity contribution in [1.82, 2.24) is 9.97 Å². The van der Waals surface area contributed by atoms with Gasteiger partial charge in [0.1, 0.15) is 5.75 Å². The fourth-order valence-electron chi connectivity index (χ4n) is 1.31. The van der Waals surface area contributed by atoms with Gasteiger partial charge >= 0.3 is 0 Å². The van der Waals surface area contributed by atoms with E-state index in [-0.39, 0.29) is 0 Å². The fourth-order valence-corrected chi connectivity index (χ4v) is 1.31. The monoisotopic (exact) mass is 204 g/mol. The van der Waals surface area contributed by atoms with Gasteiger partial charge in [0, 0.05) is 29.7 Å². The van der Waals surface area contributed by atoms with Gasteiger partial charge in [-0.1, -0.05) is 0 Å². The molecule has 15 heavy (non-hydrogen) atoms. The van der Waals surface area contributed by atoms with Gasteiger partial charge in [0.05, 0.1) is 7.11 Å². The standard InChI is InChI=1S/C11H9FN2O/c1-15-10-4-5-13-7-9(10)8-2-3-11(12)14-6-8/h2-7H,1H3. The molecule has 0 aliphatic heterocycles. The molecule has 0 bridgehead atoms. The maximum absolute atomic E-state index is 12.6. The van der Waals surface area contributed by atoms with Gasteiger partial charge in [-0.05, 0) is 18.2 Å². The normalized spacial score (nSPS) is 10.0. The van der Waals surface area contributed by atoms with Crippen molar-refractivity contribution in [2.45, 2.75) is 0 Å². The molecule has 0 radical (unpaired) electrons. The summed E-state index contributed by atoms with van der Waals surface area (Å²) in [5, 5.41) is 0. The number of hydrogen-bond acceptors (Lipinski definition) is 3. The Balaban J connectivity index is 2.49. The van der Waals surface area contributed by atoms with Crippen LogP contribution in [0.25, 0.3) is 11.1 Å². The van der Waals surface area contributed by atoms with Crippen molar-refractivity contribution in [2.75, 3.05) is 7.11 Å². The minimum Gasteiger partial charge on any atom is -0.496 e. The van der Waals surface area contributed by atoms with Crippen LogP contribution in [0.15, 0.2) is 36.8 Å². The lowest BCUT2D eigenvalue weighted by Gasteiger charge is -2.06. The van der Waals surface area contributed by atoms with Gasteiger partial charge in [-0.15, -0.1) is 0 Å². The minimum absolute atomic E-state index is 0.499. The molecule has 0 aromatic carbocycles. The van der Waals surface area contributed by atoms with Gasteiger partial charge in [-0.3, -0.25) is 4.98 Å². The predicted octanol–water partition coefficient (Wildman–Crippen LogP) is 2.29. The summed E-state index contributed by atoms with van der Waals surface area (Å²) in [6, 6.07) is 4.70. The van der Waals surface area contributed by atoms with Crippen LogP contribution < -0.4 is 4.74 Å². The van der Waals surface area contributed by atoms with Crippen LogP contribution in [-0.4, -0.2) is 17.1 Å². The third-order valence-corrected chi connectivity index (χ3v) is 2.04. The van der Waals surface area contributed by atoms with E-state index in [1.54, 1.807) is 31.6 Å². The SMILES string of the molecule is COc1ccncc1-c1ccc(F)nc1. The van der Waals surface area contributed by atoms with Gasteiger partial charge in [-0.25, -0.2) is 4.98 Å². The van der Waals surface area contributed by atoms with Crippen LogP contribution in [0.2, 0.25) is 0 Å². The highest BCUT2D eigenvalue weighted by Crippen LogP contribution is 2.27. The van der Waals surface area contributed by atoms with Gasteiger partial charge in [0.25, 0.3) is 0 Å². The summed E-state index contributed by atoms with van der Waals surface area (Å²) in [7, 11) is 1.58. The zero-order valence-corrected chi connectivity index (χ0v) is 8.14. The molecule has 2 rings (SSSR count). The Hall–Kier alpha value is -1.97. The number of methoxy groups -OCH3 is 1. The molecule has 0 amide bonds. The Labute approximate surface area is 86.6 Å². The predicted molar refractivity (Wildman–Crippen MR) is 54.0 cm³/mol. The van der Waals surface area contributed by atoms with Crippen molar-refractivity contribution >= 4 is 0 Å². The minimum atomic E-state index is -0.499. The number of nitrogens with zero attached hydrogens (tertiary/aromatic N) is 2. The molecule has 76 valence electrons. The smallest absolute Gasteiger partial charge is 0.212 e. The number of ether oxygens (including phenoxy) is 1. The second kappa shape index (κ2) is 4.04. The third-order valence-electron chi connectivity index (χ3n) is 2.04. The average molecular weight is 204 g/mol. The molecule has 2 heterocycles. The Morgan fingerprint density at radius 2 is 2.07 bits per heavy atom. The topological polar surface area (TPSA) is 35.0 Å². The van der Waals surface area contributed by atoms with Gasteiger partial charge in [-0.2, -0.15) is 4.39 Å². The Kier molecular flexibility index (Phi) is 2.58. The highest BCUT2D eigenvalue weighted by Gasteiger charge is 2.05. The Bertz CT molecular complexity index is 456. The highest BCUT2D eigenvalue weighted by atomic mass is 19.1. The quantitative estimate of drug-likeness (QED) is 0.704. The number of pyridine rings is 2. The van der Waals surface area contributed by atoms with Crippen molar-refractivity contribution < 1.29 is 9.13 Å². The molecule has 0 aliphatic carbocycles. The van der Waals surface area contributed by atoms with Crippen molar-refractivity contribution in [3.05, 3.63) is 42.7 Å². The van der Waals surface area contributed by atoms with Crippen molar-refractivity contribution in [2.24, 2.45) is 0 Å². The average Bonchev–Trinajstić information content (AvgIpc) is 2.30. The summed E-state index contributed by atoms with van der Waals surface area (Å²) in [6.45, 7) is 0. The fraction of sp³-hybridized carbons (Fsp3) is 0.0909. The van der Waals surface area contributed by atoms with Crippen LogP contribution in [0.4, 0.5) is 4.39 Å². The molecule has 0 atom stereocenters. The van der Waals surface area contributed by atoms with E-state index in [1.165, 1.54) is 12.3 Å². The molecule has 0 unspecified atom stereocenters. The third kappa shape index (κ3) is 1.93. The number of aromatic nitrogens is 2. The largest absolute Gasteiger partial charge is 0.496 e. The van der Waals surface area contributed by atoms with E-state index < -0.39 is 5.95 Å². The van der Waals surface area contributed by atoms with E-state index in [0.717, 1.165) is 11.1 Å². The van der Waals surface area contributed by atoms with Crippen LogP contribution in [-0.2, 0) is 0 Å². The van der Waals surface area contributed by atoms with Gasteiger partial charge < -0.3 is 4.74 Å². The van der Waals surface area contributed by atoms with Gasteiger partial charge in [0.2, 0.25) is 5.95 Å². The van der Waals surface area contributed by atoms with Crippen molar-refractivity contribution in [1.29, 1.82) is 0 Å². The lowest BCUT2D eigenvalue weighted by atomic mass is 10.1. The molecule has 3 nitrogen and oxygen atoms in total. The number of hydrogen-bond donors (Lipinski definition) is 0. The zero-order chi connectivity index (χ0) is 10.7. The second-order valence-electron chi connectivity index (χ2n) is 2.95. The van der Waals surface area contributed by atoms with Crippen LogP contribution in [0, 0.1) is 5.95 Å². The van der Waals surface area contributed by atoms with E-state index in [0.29, 0.717) is 5.75 Å². The maximum atomic E-state index is 12.6. The van der Waals surface area contributed by atoms with E-state index in [9.17, 15) is 4.39 Å².